The molecule has 1 aromatic rings. The summed E-state index contributed by atoms with van der Waals surface area (Å²) in [5.74, 6) is 2.14. The fourth-order valence-electron chi connectivity index (χ4n) is 3.23. The zero-order valence-electron chi connectivity index (χ0n) is 17.2. The molecule has 1 fully saturated rings. The molecule has 1 unspecified atom stereocenters. The molecule has 8 heteroatoms. The van der Waals surface area contributed by atoms with Crippen molar-refractivity contribution in [3.8, 4) is 5.75 Å². The molecule has 1 aliphatic heterocycles. The quantitative estimate of drug-likeness (QED) is 0.354. The first-order chi connectivity index (χ1) is 13.1. The predicted molar refractivity (Wildman–Crippen MR) is 123 cm³/mol. The Hall–Kier alpha value is -1.71. The molecule has 0 spiro atoms. The molecule has 1 aromatic carbocycles. The second-order valence-corrected chi connectivity index (χ2v) is 6.84. The molecule has 2 rings (SSSR count). The Morgan fingerprint density at radius 2 is 1.89 bits per heavy atom. The van der Waals surface area contributed by atoms with E-state index in [4.69, 9.17) is 9.47 Å². The number of nitrogens with one attached hydrogen (secondary N) is 2. The van der Waals surface area contributed by atoms with Crippen LogP contribution in [0.1, 0.15) is 37.7 Å². The van der Waals surface area contributed by atoms with Crippen LogP contribution in [0, 0.1) is 0 Å². The van der Waals surface area contributed by atoms with Crippen LogP contribution in [-0.4, -0.2) is 63.9 Å². The minimum Gasteiger partial charge on any atom is -0.497 e. The van der Waals surface area contributed by atoms with Crippen molar-refractivity contribution >= 4 is 36.0 Å². The van der Waals surface area contributed by atoms with Gasteiger partial charge in [-0.15, -0.1) is 24.0 Å². The van der Waals surface area contributed by atoms with Gasteiger partial charge < -0.3 is 25.0 Å². The molecule has 28 heavy (non-hydrogen) atoms. The highest BCUT2D eigenvalue weighted by Gasteiger charge is 2.23. The van der Waals surface area contributed by atoms with Gasteiger partial charge in [-0.3, -0.25) is 4.99 Å². The van der Waals surface area contributed by atoms with Crippen LogP contribution < -0.4 is 15.4 Å². The molecular weight excluding hydrogens is 471 g/mol. The van der Waals surface area contributed by atoms with Crippen molar-refractivity contribution in [2.75, 3.05) is 40.9 Å². The number of hydrogen-bond donors (Lipinski definition) is 2. The summed E-state index contributed by atoms with van der Waals surface area (Å²) >= 11 is 0. The Bertz CT molecular complexity index is 616. The highest BCUT2D eigenvalue weighted by molar-refractivity contribution is 14.0. The van der Waals surface area contributed by atoms with Crippen molar-refractivity contribution < 1.29 is 14.3 Å². The number of amides is 1. The van der Waals surface area contributed by atoms with E-state index in [0.717, 1.165) is 37.5 Å². The number of hydrogen-bond acceptors (Lipinski definition) is 4. The lowest BCUT2D eigenvalue weighted by Crippen LogP contribution is -2.49. The van der Waals surface area contributed by atoms with Crippen molar-refractivity contribution in [3.63, 3.8) is 0 Å². The average molecular weight is 504 g/mol. The number of benzene rings is 1. The van der Waals surface area contributed by atoms with E-state index in [1.807, 2.05) is 12.1 Å². The van der Waals surface area contributed by atoms with Gasteiger partial charge in [0.25, 0.3) is 0 Å². The first-order valence-corrected chi connectivity index (χ1v) is 9.51. The molecule has 0 saturated carbocycles. The third kappa shape index (κ3) is 7.37. The number of piperidine rings is 1. The number of rotatable bonds is 6. The van der Waals surface area contributed by atoms with Crippen molar-refractivity contribution in [1.29, 1.82) is 0 Å². The Balaban J connectivity index is 0.00000392. The van der Waals surface area contributed by atoms with Crippen LogP contribution in [0.4, 0.5) is 4.79 Å². The van der Waals surface area contributed by atoms with E-state index in [9.17, 15) is 4.79 Å². The lowest BCUT2D eigenvalue weighted by molar-refractivity contribution is 0.111. The maximum absolute atomic E-state index is 11.6. The third-order valence-electron chi connectivity index (χ3n) is 5.05. The SMILES string of the molecule is CN=C(NCCC(C)c1ccc(OC)cc1)NC1CCN(C(=O)OC)CC1.I. The molecule has 0 bridgehead atoms. The molecule has 1 aliphatic rings. The van der Waals surface area contributed by atoms with E-state index in [-0.39, 0.29) is 30.1 Å². The second-order valence-electron chi connectivity index (χ2n) is 6.84. The van der Waals surface area contributed by atoms with E-state index >= 15 is 0 Å². The minimum absolute atomic E-state index is 0. The van der Waals surface area contributed by atoms with Crippen LogP contribution in [0.25, 0.3) is 0 Å². The molecule has 0 aliphatic carbocycles. The number of aliphatic imine (C=N–C) groups is 1. The van der Waals surface area contributed by atoms with Gasteiger partial charge in [0.15, 0.2) is 5.96 Å². The molecular formula is C20H33IN4O3. The van der Waals surface area contributed by atoms with Gasteiger partial charge in [-0.2, -0.15) is 0 Å². The van der Waals surface area contributed by atoms with Crippen molar-refractivity contribution in [1.82, 2.24) is 15.5 Å². The lowest BCUT2D eigenvalue weighted by atomic mass is 9.98. The van der Waals surface area contributed by atoms with Gasteiger partial charge in [0.1, 0.15) is 5.75 Å². The van der Waals surface area contributed by atoms with Gasteiger partial charge in [-0.1, -0.05) is 19.1 Å². The third-order valence-corrected chi connectivity index (χ3v) is 5.05. The summed E-state index contributed by atoms with van der Waals surface area (Å²) in [6.07, 6.45) is 2.53. The van der Waals surface area contributed by atoms with Gasteiger partial charge in [-0.25, -0.2) is 4.79 Å². The number of ether oxygens (including phenoxy) is 2. The van der Waals surface area contributed by atoms with Gasteiger partial charge in [0, 0.05) is 32.7 Å². The first-order valence-electron chi connectivity index (χ1n) is 9.51. The fraction of sp³-hybridized carbons (Fsp3) is 0.600. The van der Waals surface area contributed by atoms with Crippen LogP contribution in [0.15, 0.2) is 29.3 Å². The Kier molecular flexibility index (Phi) is 11.0. The Morgan fingerprint density at radius 1 is 1.25 bits per heavy atom. The van der Waals surface area contributed by atoms with E-state index in [0.29, 0.717) is 25.0 Å². The monoisotopic (exact) mass is 504 g/mol. The summed E-state index contributed by atoms with van der Waals surface area (Å²) in [5, 5.41) is 6.85. The van der Waals surface area contributed by atoms with Crippen molar-refractivity contribution in [3.05, 3.63) is 29.8 Å². The lowest BCUT2D eigenvalue weighted by Gasteiger charge is -2.32. The standard InChI is InChI=1S/C20H32N4O3.HI/c1-15(16-5-7-18(26-3)8-6-16)9-12-22-19(21-2)23-17-10-13-24(14-11-17)20(25)27-4;/h5-8,15,17H,9-14H2,1-4H3,(H2,21,22,23);1H. The van der Waals surface area contributed by atoms with E-state index in [1.165, 1.54) is 12.7 Å². The number of halogens is 1. The van der Waals surface area contributed by atoms with Crippen molar-refractivity contribution in [2.45, 2.75) is 38.1 Å². The smallest absolute Gasteiger partial charge is 0.409 e. The van der Waals surface area contributed by atoms with E-state index < -0.39 is 0 Å². The summed E-state index contributed by atoms with van der Waals surface area (Å²) in [5.41, 5.74) is 1.30. The second kappa shape index (κ2) is 12.7. The molecule has 1 amide bonds. The van der Waals surface area contributed by atoms with Gasteiger partial charge in [0.05, 0.1) is 14.2 Å². The topological polar surface area (TPSA) is 75.2 Å². The van der Waals surface area contributed by atoms with Crippen LogP contribution in [0.5, 0.6) is 5.75 Å². The average Bonchev–Trinajstić information content (AvgIpc) is 2.72. The predicted octanol–water partition coefficient (Wildman–Crippen LogP) is 3.20. The number of carbonyl (C=O) groups is 1. The van der Waals surface area contributed by atoms with Crippen LogP contribution in [0.3, 0.4) is 0 Å². The molecule has 0 radical (unpaired) electrons. The first kappa shape index (κ1) is 24.3. The number of likely N-dealkylation sites (tertiary alicyclic amines) is 1. The van der Waals surface area contributed by atoms with Gasteiger partial charge >= 0.3 is 6.09 Å². The Labute approximate surface area is 185 Å². The highest BCUT2D eigenvalue weighted by Crippen LogP contribution is 2.21. The summed E-state index contributed by atoms with van der Waals surface area (Å²) in [6.45, 7) is 4.47. The molecule has 158 valence electrons. The fourth-order valence-corrected chi connectivity index (χ4v) is 3.23. The summed E-state index contributed by atoms with van der Waals surface area (Å²) in [6, 6.07) is 8.55. The van der Waals surface area contributed by atoms with Crippen LogP contribution in [-0.2, 0) is 4.74 Å². The Morgan fingerprint density at radius 3 is 2.43 bits per heavy atom. The maximum atomic E-state index is 11.6. The highest BCUT2D eigenvalue weighted by atomic mass is 127. The summed E-state index contributed by atoms with van der Waals surface area (Å²) in [7, 11) is 4.89. The van der Waals surface area contributed by atoms with Crippen LogP contribution >= 0.6 is 24.0 Å². The van der Waals surface area contributed by atoms with Crippen molar-refractivity contribution in [2.24, 2.45) is 4.99 Å². The zero-order valence-corrected chi connectivity index (χ0v) is 19.6. The minimum atomic E-state index is -0.247. The molecule has 7 nitrogen and oxygen atoms in total. The normalized spacial score (nSPS) is 16.0. The molecule has 1 saturated heterocycles. The van der Waals surface area contributed by atoms with E-state index in [1.54, 1.807) is 19.1 Å². The van der Waals surface area contributed by atoms with E-state index in [2.05, 4.69) is 34.7 Å². The summed E-state index contributed by atoms with van der Waals surface area (Å²) in [4.78, 5) is 17.6. The van der Waals surface area contributed by atoms with Gasteiger partial charge in [-0.05, 0) is 42.9 Å². The molecule has 2 N–H and O–H groups in total. The number of methoxy groups -OCH3 is 2. The molecule has 1 heterocycles. The van der Waals surface area contributed by atoms with Gasteiger partial charge in [0.2, 0.25) is 0 Å². The number of guanidine groups is 1. The summed E-state index contributed by atoms with van der Waals surface area (Å²) < 4.78 is 9.98. The maximum Gasteiger partial charge on any atom is 0.409 e. The number of nitrogens with zero attached hydrogens (tertiary/aromatic N) is 2. The molecule has 0 aromatic heterocycles. The zero-order chi connectivity index (χ0) is 19.6. The number of carbonyl (C=O) groups excluding carboxylic acids is 1. The van der Waals surface area contributed by atoms with Crippen LogP contribution in [0.2, 0.25) is 0 Å². The largest absolute Gasteiger partial charge is 0.497 e. The molecule has 1 atom stereocenters.